The summed E-state index contributed by atoms with van der Waals surface area (Å²) in [5, 5.41) is 14.1. The minimum atomic E-state index is -0.816. The van der Waals surface area contributed by atoms with E-state index in [-0.39, 0.29) is 11.9 Å². The van der Waals surface area contributed by atoms with Crippen LogP contribution in [0.2, 0.25) is 0 Å². The van der Waals surface area contributed by atoms with E-state index in [1.165, 1.54) is 17.2 Å². The van der Waals surface area contributed by atoms with Crippen molar-refractivity contribution < 1.29 is 19.1 Å². The van der Waals surface area contributed by atoms with E-state index in [0.29, 0.717) is 55.0 Å². The molecule has 1 amide bonds. The van der Waals surface area contributed by atoms with Gasteiger partial charge in [-0.05, 0) is 80.1 Å². The highest BCUT2D eigenvalue weighted by Gasteiger charge is 2.31. The van der Waals surface area contributed by atoms with Crippen molar-refractivity contribution in [1.82, 2.24) is 14.5 Å². The average Bonchev–Trinajstić information content (AvgIpc) is 3.62. The highest BCUT2D eigenvalue weighted by molar-refractivity contribution is 5.98. The minimum absolute atomic E-state index is 0.000245. The molecule has 4 heterocycles. The molecular formula is C32H33FN4O3. The SMILES string of the molecule is CCc1cc(C(=O)N2CCc3ccccc3[C@H]2C)c(C)c2cc(-c3ccc(N4CCC(C(=O)O)C4)cc3F)nn12. The summed E-state index contributed by atoms with van der Waals surface area (Å²) in [5.74, 6) is -1.66. The van der Waals surface area contributed by atoms with E-state index in [0.717, 1.165) is 23.2 Å². The number of nitrogens with zero attached hydrogens (tertiary/aromatic N) is 4. The maximum Gasteiger partial charge on any atom is 0.308 e. The lowest BCUT2D eigenvalue weighted by Gasteiger charge is -2.35. The van der Waals surface area contributed by atoms with Gasteiger partial charge in [0.15, 0.2) is 0 Å². The number of aliphatic carboxylic acids is 1. The van der Waals surface area contributed by atoms with Gasteiger partial charge in [0, 0.05) is 42.1 Å². The Bertz CT molecular complexity index is 1640. The Morgan fingerprint density at radius 3 is 2.62 bits per heavy atom. The Morgan fingerprint density at radius 2 is 1.90 bits per heavy atom. The lowest BCUT2D eigenvalue weighted by atomic mass is 9.92. The second-order valence-corrected chi connectivity index (χ2v) is 10.9. The topological polar surface area (TPSA) is 78.2 Å². The van der Waals surface area contributed by atoms with Crippen molar-refractivity contribution in [3.8, 4) is 11.3 Å². The lowest BCUT2D eigenvalue weighted by Crippen LogP contribution is -2.39. The minimum Gasteiger partial charge on any atom is -0.481 e. The third-order valence-electron chi connectivity index (χ3n) is 8.66. The van der Waals surface area contributed by atoms with Crippen LogP contribution >= 0.6 is 0 Å². The molecule has 0 bridgehead atoms. The Balaban J connectivity index is 1.34. The van der Waals surface area contributed by atoms with Crippen molar-refractivity contribution in [3.05, 3.63) is 88.4 Å². The number of anilines is 1. The summed E-state index contributed by atoms with van der Waals surface area (Å²) in [6.07, 6.45) is 2.04. The van der Waals surface area contributed by atoms with E-state index in [1.54, 1.807) is 6.07 Å². The second kappa shape index (κ2) is 10.1. The molecule has 8 heteroatoms. The van der Waals surface area contributed by atoms with Crippen molar-refractivity contribution in [2.24, 2.45) is 5.92 Å². The predicted octanol–water partition coefficient (Wildman–Crippen LogP) is 5.68. The zero-order valence-corrected chi connectivity index (χ0v) is 23.0. The van der Waals surface area contributed by atoms with Gasteiger partial charge in [0.05, 0.1) is 23.2 Å². The quantitative estimate of drug-likeness (QED) is 0.352. The van der Waals surface area contributed by atoms with Crippen LogP contribution in [0.1, 0.15) is 59.1 Å². The number of hydrogen-bond acceptors (Lipinski definition) is 4. The first-order valence-corrected chi connectivity index (χ1v) is 14.0. The first-order valence-electron chi connectivity index (χ1n) is 14.0. The molecule has 6 rings (SSSR count). The second-order valence-electron chi connectivity index (χ2n) is 10.9. The van der Waals surface area contributed by atoms with Gasteiger partial charge in [-0.15, -0.1) is 0 Å². The van der Waals surface area contributed by atoms with E-state index in [1.807, 2.05) is 58.5 Å². The molecule has 4 aromatic rings. The first kappa shape index (κ1) is 26.0. The first-order chi connectivity index (χ1) is 19.3. The normalized spacial score (nSPS) is 18.8. The Kier molecular flexibility index (Phi) is 6.56. The fourth-order valence-corrected chi connectivity index (χ4v) is 6.26. The molecule has 40 heavy (non-hydrogen) atoms. The van der Waals surface area contributed by atoms with Crippen LogP contribution in [0.5, 0.6) is 0 Å². The standard InChI is InChI=1S/C32H33FN4O3/c1-4-23-15-27(31(38)36-14-12-21-7-5-6-8-25(21)20(36)3)19(2)30-17-29(34-37(23)30)26-10-9-24(16-28(26)33)35-13-11-22(18-35)32(39)40/h5-10,15-17,20,22H,4,11-14,18H2,1-3H3,(H,39,40)/t20-,22?/m1/s1. The van der Waals surface area contributed by atoms with Gasteiger partial charge in [-0.2, -0.15) is 5.10 Å². The van der Waals surface area contributed by atoms with E-state index in [4.69, 9.17) is 5.10 Å². The van der Waals surface area contributed by atoms with Gasteiger partial charge in [-0.1, -0.05) is 31.2 Å². The van der Waals surface area contributed by atoms with Crippen LogP contribution in [-0.2, 0) is 17.6 Å². The number of carbonyl (C=O) groups is 2. The summed E-state index contributed by atoms with van der Waals surface area (Å²) in [7, 11) is 0. The van der Waals surface area contributed by atoms with Crippen molar-refractivity contribution in [2.75, 3.05) is 24.5 Å². The molecule has 2 aliphatic heterocycles. The monoisotopic (exact) mass is 540 g/mol. The molecule has 2 aromatic heterocycles. The molecule has 1 fully saturated rings. The highest BCUT2D eigenvalue weighted by atomic mass is 19.1. The van der Waals surface area contributed by atoms with Crippen LogP contribution < -0.4 is 4.90 Å². The summed E-state index contributed by atoms with van der Waals surface area (Å²) in [6.45, 7) is 7.66. The van der Waals surface area contributed by atoms with Gasteiger partial charge >= 0.3 is 5.97 Å². The van der Waals surface area contributed by atoms with Crippen molar-refractivity contribution in [3.63, 3.8) is 0 Å². The number of carboxylic acids is 1. The molecule has 1 unspecified atom stereocenters. The molecular weight excluding hydrogens is 507 g/mol. The summed E-state index contributed by atoms with van der Waals surface area (Å²) >= 11 is 0. The number of aryl methyl sites for hydroxylation is 2. The zero-order valence-electron chi connectivity index (χ0n) is 23.0. The summed E-state index contributed by atoms with van der Waals surface area (Å²) in [5.41, 5.74) is 7.16. The summed E-state index contributed by atoms with van der Waals surface area (Å²) in [4.78, 5) is 29.1. The van der Waals surface area contributed by atoms with Gasteiger partial charge in [0.25, 0.3) is 5.91 Å². The fraction of sp³-hybridized carbons (Fsp3) is 0.344. The van der Waals surface area contributed by atoms with Crippen LogP contribution in [-0.4, -0.2) is 51.1 Å². The van der Waals surface area contributed by atoms with Gasteiger partial charge < -0.3 is 14.9 Å². The maximum absolute atomic E-state index is 15.4. The molecule has 2 aliphatic rings. The number of amides is 1. The van der Waals surface area contributed by atoms with Crippen LogP contribution in [0, 0.1) is 18.7 Å². The number of aromatic nitrogens is 2. The van der Waals surface area contributed by atoms with E-state index >= 15 is 4.39 Å². The largest absolute Gasteiger partial charge is 0.481 e. The van der Waals surface area contributed by atoms with Gasteiger partial charge in [-0.25, -0.2) is 8.91 Å². The number of rotatable bonds is 5. The van der Waals surface area contributed by atoms with Crippen LogP contribution in [0.15, 0.2) is 54.6 Å². The van der Waals surface area contributed by atoms with E-state index in [2.05, 4.69) is 19.1 Å². The Labute approximate surface area is 232 Å². The van der Waals surface area contributed by atoms with E-state index in [9.17, 15) is 14.7 Å². The van der Waals surface area contributed by atoms with E-state index < -0.39 is 17.7 Å². The smallest absolute Gasteiger partial charge is 0.308 e. The van der Waals surface area contributed by atoms with Crippen molar-refractivity contribution in [2.45, 2.75) is 46.1 Å². The van der Waals surface area contributed by atoms with Crippen LogP contribution in [0.25, 0.3) is 16.8 Å². The summed E-state index contributed by atoms with van der Waals surface area (Å²) < 4.78 is 17.2. The Hall–Kier alpha value is -4.20. The highest BCUT2D eigenvalue weighted by Crippen LogP contribution is 2.34. The van der Waals surface area contributed by atoms with Crippen molar-refractivity contribution in [1.29, 1.82) is 0 Å². The number of halogens is 1. The Morgan fingerprint density at radius 1 is 1.10 bits per heavy atom. The molecule has 2 atom stereocenters. The molecule has 2 aromatic carbocycles. The number of pyridine rings is 1. The molecule has 0 aliphatic carbocycles. The molecule has 1 N–H and O–H groups in total. The number of hydrogen-bond donors (Lipinski definition) is 1. The molecule has 1 saturated heterocycles. The average molecular weight is 541 g/mol. The third-order valence-corrected chi connectivity index (χ3v) is 8.66. The fourth-order valence-electron chi connectivity index (χ4n) is 6.26. The number of carbonyl (C=O) groups excluding carboxylic acids is 1. The molecule has 0 spiro atoms. The molecule has 7 nitrogen and oxygen atoms in total. The van der Waals surface area contributed by atoms with Gasteiger partial charge in [-0.3, -0.25) is 9.59 Å². The molecule has 206 valence electrons. The molecule has 0 radical (unpaired) electrons. The zero-order chi connectivity index (χ0) is 28.1. The van der Waals surface area contributed by atoms with Crippen LogP contribution in [0.4, 0.5) is 10.1 Å². The third kappa shape index (κ3) is 4.31. The molecule has 0 saturated carbocycles. The van der Waals surface area contributed by atoms with Crippen molar-refractivity contribution >= 4 is 23.1 Å². The van der Waals surface area contributed by atoms with Crippen LogP contribution in [0.3, 0.4) is 0 Å². The number of benzene rings is 2. The lowest BCUT2D eigenvalue weighted by molar-refractivity contribution is -0.140. The predicted molar refractivity (Wildman–Crippen MR) is 152 cm³/mol. The van der Waals surface area contributed by atoms with Gasteiger partial charge in [0.2, 0.25) is 0 Å². The summed E-state index contributed by atoms with van der Waals surface area (Å²) in [6, 6.07) is 17.1. The number of carboxylic acid groups (broad SMARTS) is 1. The maximum atomic E-state index is 15.4. The van der Waals surface area contributed by atoms with Gasteiger partial charge in [0.1, 0.15) is 5.82 Å². The number of fused-ring (bicyclic) bond motifs is 2.